The summed E-state index contributed by atoms with van der Waals surface area (Å²) >= 11 is 1.64. The van der Waals surface area contributed by atoms with Gasteiger partial charge in [0.1, 0.15) is 6.04 Å². The topological polar surface area (TPSA) is 64.4 Å². The third-order valence-electron chi connectivity index (χ3n) is 3.68. The van der Waals surface area contributed by atoms with Crippen molar-refractivity contribution in [1.29, 1.82) is 0 Å². The summed E-state index contributed by atoms with van der Waals surface area (Å²) in [5, 5.41) is 6.38. The highest BCUT2D eigenvalue weighted by atomic mass is 32.1. The summed E-state index contributed by atoms with van der Waals surface area (Å²) in [7, 11) is 0. The van der Waals surface area contributed by atoms with Crippen LogP contribution in [0, 0.1) is 0 Å². The van der Waals surface area contributed by atoms with Crippen LogP contribution < -0.4 is 11.1 Å². The van der Waals surface area contributed by atoms with Crippen LogP contribution in [-0.2, 0) is 9.53 Å². The minimum Gasteiger partial charge on any atom is -0.377 e. The molecule has 0 aliphatic carbocycles. The molecule has 2 atom stereocenters. The number of carbonyl (C=O) groups is 1. The minimum absolute atomic E-state index is 0.196. The van der Waals surface area contributed by atoms with Crippen LogP contribution in [0.2, 0.25) is 0 Å². The van der Waals surface area contributed by atoms with Gasteiger partial charge in [0.05, 0.1) is 6.10 Å². The minimum atomic E-state index is -0.449. The molecule has 2 unspecified atom stereocenters. The molecule has 0 bridgehead atoms. The standard InChI is InChI=1S/C15H18N2O2S/c16-15(18)14(17-8-10-4-3-7-19-10)12-9-20-13-6-2-1-5-11(12)13/h1-2,5-6,9-10,14,17H,3-4,7-8H2,(H2,16,18). The summed E-state index contributed by atoms with van der Waals surface area (Å²) < 4.78 is 6.75. The lowest BCUT2D eigenvalue weighted by Crippen LogP contribution is -2.37. The van der Waals surface area contributed by atoms with E-state index in [2.05, 4.69) is 11.4 Å². The lowest BCUT2D eigenvalue weighted by atomic mass is 10.0. The second-order valence-corrected chi connectivity index (χ2v) is 5.98. The maximum Gasteiger partial charge on any atom is 0.239 e. The molecule has 2 aromatic rings. The molecule has 0 saturated carbocycles. The van der Waals surface area contributed by atoms with E-state index in [1.165, 1.54) is 4.70 Å². The van der Waals surface area contributed by atoms with Gasteiger partial charge in [-0.1, -0.05) is 18.2 Å². The fourth-order valence-electron chi connectivity index (χ4n) is 2.64. The van der Waals surface area contributed by atoms with Crippen molar-refractivity contribution >= 4 is 27.3 Å². The molecule has 4 nitrogen and oxygen atoms in total. The van der Waals surface area contributed by atoms with Gasteiger partial charge in [-0.15, -0.1) is 11.3 Å². The van der Waals surface area contributed by atoms with Gasteiger partial charge in [-0.3, -0.25) is 10.1 Å². The summed E-state index contributed by atoms with van der Waals surface area (Å²) in [6.45, 7) is 1.48. The fraction of sp³-hybridized carbons (Fsp3) is 0.400. The molecule has 3 N–H and O–H groups in total. The predicted molar refractivity (Wildman–Crippen MR) is 80.7 cm³/mol. The highest BCUT2D eigenvalue weighted by molar-refractivity contribution is 7.17. The van der Waals surface area contributed by atoms with Gasteiger partial charge in [-0.2, -0.15) is 0 Å². The van der Waals surface area contributed by atoms with Crippen molar-refractivity contribution in [2.24, 2.45) is 5.73 Å². The molecule has 0 radical (unpaired) electrons. The van der Waals surface area contributed by atoms with Crippen LogP contribution in [0.1, 0.15) is 24.4 Å². The Morgan fingerprint density at radius 3 is 3.10 bits per heavy atom. The second kappa shape index (κ2) is 5.91. The van der Waals surface area contributed by atoms with Crippen molar-refractivity contribution in [3.05, 3.63) is 35.2 Å². The molecule has 1 fully saturated rings. The summed E-state index contributed by atoms with van der Waals surface area (Å²) in [5.74, 6) is -0.341. The Balaban J connectivity index is 1.80. The number of nitrogens with one attached hydrogen (secondary N) is 1. The lowest BCUT2D eigenvalue weighted by Gasteiger charge is -2.18. The van der Waals surface area contributed by atoms with Crippen molar-refractivity contribution in [2.45, 2.75) is 25.0 Å². The van der Waals surface area contributed by atoms with Gasteiger partial charge >= 0.3 is 0 Å². The molecule has 20 heavy (non-hydrogen) atoms. The highest BCUT2D eigenvalue weighted by Crippen LogP contribution is 2.30. The first-order valence-electron chi connectivity index (χ1n) is 6.86. The molecule has 1 aliphatic heterocycles. The zero-order valence-corrected chi connectivity index (χ0v) is 12.0. The number of fused-ring (bicyclic) bond motifs is 1. The van der Waals surface area contributed by atoms with Crippen molar-refractivity contribution < 1.29 is 9.53 Å². The first-order chi connectivity index (χ1) is 9.75. The zero-order valence-electron chi connectivity index (χ0n) is 11.2. The smallest absolute Gasteiger partial charge is 0.239 e. The first-order valence-corrected chi connectivity index (χ1v) is 7.74. The lowest BCUT2D eigenvalue weighted by molar-refractivity contribution is -0.120. The van der Waals surface area contributed by atoms with Crippen LogP contribution >= 0.6 is 11.3 Å². The molecule has 106 valence electrons. The molecule has 1 saturated heterocycles. The Kier molecular flexibility index (Phi) is 4.00. The Morgan fingerprint density at radius 2 is 2.35 bits per heavy atom. The third kappa shape index (κ3) is 2.70. The Labute approximate surface area is 121 Å². The molecule has 5 heteroatoms. The number of hydrogen-bond acceptors (Lipinski definition) is 4. The maximum atomic E-state index is 11.8. The van der Waals surface area contributed by atoms with Gasteiger partial charge in [0, 0.05) is 17.9 Å². The monoisotopic (exact) mass is 290 g/mol. The van der Waals surface area contributed by atoms with E-state index in [0.717, 1.165) is 30.4 Å². The quantitative estimate of drug-likeness (QED) is 0.887. The van der Waals surface area contributed by atoms with E-state index in [0.29, 0.717) is 6.54 Å². The van der Waals surface area contributed by atoms with E-state index >= 15 is 0 Å². The van der Waals surface area contributed by atoms with E-state index in [-0.39, 0.29) is 12.0 Å². The van der Waals surface area contributed by atoms with Crippen molar-refractivity contribution in [1.82, 2.24) is 5.32 Å². The molecule has 0 spiro atoms. The molecular weight excluding hydrogens is 272 g/mol. The van der Waals surface area contributed by atoms with Crippen LogP contribution in [0.15, 0.2) is 29.6 Å². The van der Waals surface area contributed by atoms with Gasteiger partial charge in [0.2, 0.25) is 5.91 Å². The van der Waals surface area contributed by atoms with Gasteiger partial charge in [0.15, 0.2) is 0 Å². The maximum absolute atomic E-state index is 11.8. The zero-order chi connectivity index (χ0) is 13.9. The number of amides is 1. The van der Waals surface area contributed by atoms with Crippen LogP contribution in [0.5, 0.6) is 0 Å². The van der Waals surface area contributed by atoms with Crippen molar-refractivity contribution in [2.75, 3.05) is 13.2 Å². The second-order valence-electron chi connectivity index (χ2n) is 5.07. The Hall–Kier alpha value is -1.43. The normalized spacial score (nSPS) is 20.3. The van der Waals surface area contributed by atoms with Crippen molar-refractivity contribution in [3.63, 3.8) is 0 Å². The largest absolute Gasteiger partial charge is 0.377 e. The number of benzene rings is 1. The summed E-state index contributed by atoms with van der Waals surface area (Å²) in [6.07, 6.45) is 2.33. The van der Waals surface area contributed by atoms with E-state index < -0.39 is 6.04 Å². The van der Waals surface area contributed by atoms with Crippen molar-refractivity contribution in [3.8, 4) is 0 Å². The molecule has 1 aliphatic rings. The molecule has 3 rings (SSSR count). The fourth-order valence-corrected chi connectivity index (χ4v) is 3.63. The number of nitrogens with two attached hydrogens (primary N) is 1. The summed E-state index contributed by atoms with van der Waals surface area (Å²) in [5.41, 5.74) is 6.53. The number of hydrogen-bond donors (Lipinski definition) is 2. The van der Waals surface area contributed by atoms with Gasteiger partial charge < -0.3 is 10.5 Å². The summed E-state index contributed by atoms with van der Waals surface area (Å²) in [4.78, 5) is 11.8. The van der Waals surface area contributed by atoms with E-state index in [4.69, 9.17) is 10.5 Å². The average Bonchev–Trinajstić information content (AvgIpc) is 3.08. The highest BCUT2D eigenvalue weighted by Gasteiger charge is 2.23. The SMILES string of the molecule is NC(=O)C(NCC1CCCO1)c1csc2ccccc12. The van der Waals surface area contributed by atoms with Gasteiger partial charge in [-0.25, -0.2) is 0 Å². The van der Waals surface area contributed by atoms with E-state index in [1.54, 1.807) is 11.3 Å². The third-order valence-corrected chi connectivity index (χ3v) is 4.66. The van der Waals surface area contributed by atoms with Crippen LogP contribution in [0.3, 0.4) is 0 Å². The number of rotatable bonds is 5. The molecule has 1 aromatic heterocycles. The number of carbonyl (C=O) groups excluding carboxylic acids is 1. The number of thiophene rings is 1. The number of primary amides is 1. The molecule has 2 heterocycles. The molecule has 1 aromatic carbocycles. The Bertz CT molecular complexity index is 605. The van der Waals surface area contributed by atoms with Crippen LogP contribution in [0.25, 0.3) is 10.1 Å². The van der Waals surface area contributed by atoms with E-state index in [1.807, 2.05) is 23.6 Å². The summed E-state index contributed by atoms with van der Waals surface area (Å²) in [6, 6.07) is 7.63. The van der Waals surface area contributed by atoms with Crippen LogP contribution in [-0.4, -0.2) is 25.2 Å². The van der Waals surface area contributed by atoms with Crippen LogP contribution in [0.4, 0.5) is 0 Å². The molecular formula is C15H18N2O2S. The first kappa shape index (κ1) is 13.5. The molecule has 1 amide bonds. The number of ether oxygens (including phenoxy) is 1. The van der Waals surface area contributed by atoms with E-state index in [9.17, 15) is 4.79 Å². The van der Waals surface area contributed by atoms with Gasteiger partial charge in [0.25, 0.3) is 0 Å². The Morgan fingerprint density at radius 1 is 1.50 bits per heavy atom. The predicted octanol–water partition coefficient (Wildman–Crippen LogP) is 2.20. The van der Waals surface area contributed by atoms with Gasteiger partial charge in [-0.05, 0) is 35.2 Å². The average molecular weight is 290 g/mol.